The van der Waals surface area contributed by atoms with E-state index in [0.717, 1.165) is 39.0 Å². The first-order valence-corrected chi connectivity index (χ1v) is 20.6. The molecule has 2 nitrogen and oxygen atoms in total. The Labute approximate surface area is 347 Å². The molecule has 0 N–H and O–H groups in total. The van der Waals surface area contributed by atoms with Crippen molar-refractivity contribution in [1.29, 1.82) is 0 Å². The van der Waals surface area contributed by atoms with Gasteiger partial charge in [-0.15, -0.1) is 0 Å². The summed E-state index contributed by atoms with van der Waals surface area (Å²) in [5.41, 5.74) is 12.2. The van der Waals surface area contributed by atoms with Gasteiger partial charge in [-0.05, 0) is 131 Å². The van der Waals surface area contributed by atoms with Crippen LogP contribution in [0.4, 0.5) is 17.1 Å². The summed E-state index contributed by atoms with van der Waals surface area (Å²) in [6.07, 6.45) is 0. The zero-order valence-electron chi connectivity index (χ0n) is 32.7. The molecule has 60 heavy (non-hydrogen) atoms. The summed E-state index contributed by atoms with van der Waals surface area (Å²) in [5.74, 6) is 0. The molecule has 0 fully saturated rings. The van der Waals surface area contributed by atoms with Crippen LogP contribution in [0.15, 0.2) is 229 Å². The molecule has 12 aromatic rings. The van der Waals surface area contributed by atoms with Crippen molar-refractivity contribution in [3.05, 3.63) is 224 Å². The number of hydrogen-bond acceptors (Lipinski definition) is 2. The largest absolute Gasteiger partial charge is 0.456 e. The van der Waals surface area contributed by atoms with Crippen molar-refractivity contribution in [2.75, 3.05) is 4.90 Å². The van der Waals surface area contributed by atoms with Gasteiger partial charge in [-0.2, -0.15) is 0 Å². The highest BCUT2D eigenvalue weighted by molar-refractivity contribution is 6.22. The Balaban J connectivity index is 1.11. The van der Waals surface area contributed by atoms with E-state index in [2.05, 4.69) is 217 Å². The van der Waals surface area contributed by atoms with Crippen LogP contribution in [0.25, 0.3) is 98.4 Å². The van der Waals surface area contributed by atoms with Crippen molar-refractivity contribution >= 4 is 82.1 Å². The Morgan fingerprint density at radius 1 is 0.267 bits per heavy atom. The summed E-state index contributed by atoms with van der Waals surface area (Å²) in [6.45, 7) is 0. The second kappa shape index (κ2) is 13.9. The van der Waals surface area contributed by atoms with Crippen molar-refractivity contribution in [2.45, 2.75) is 0 Å². The predicted octanol–water partition coefficient (Wildman–Crippen LogP) is 16.7. The summed E-state index contributed by atoms with van der Waals surface area (Å²) < 4.78 is 6.33. The minimum atomic E-state index is 0.877. The third-order valence-corrected chi connectivity index (χ3v) is 12.2. The van der Waals surface area contributed by atoms with Crippen molar-refractivity contribution in [3.8, 4) is 33.4 Å². The van der Waals surface area contributed by atoms with Crippen LogP contribution in [0.3, 0.4) is 0 Å². The van der Waals surface area contributed by atoms with Gasteiger partial charge in [0.15, 0.2) is 0 Å². The van der Waals surface area contributed by atoms with Crippen LogP contribution in [0, 0.1) is 0 Å². The SMILES string of the molecule is c1ccc(-c2c(-c3ccccc3)c3cc(N(c4ccc(-c5cc6ccccc6c6ccccc56)cc4)c4ccc5oc6ccccc6c5c4)ccc3c3ccccc23)cc1. The Hall–Kier alpha value is -7.94. The van der Waals surface area contributed by atoms with Crippen LogP contribution in [-0.4, -0.2) is 0 Å². The van der Waals surface area contributed by atoms with Gasteiger partial charge in [-0.1, -0.05) is 170 Å². The molecule has 0 amide bonds. The van der Waals surface area contributed by atoms with Crippen LogP contribution in [0.1, 0.15) is 0 Å². The molecule has 0 saturated carbocycles. The zero-order chi connectivity index (χ0) is 39.6. The maximum atomic E-state index is 6.33. The lowest BCUT2D eigenvalue weighted by atomic mass is 9.85. The number of furan rings is 1. The summed E-state index contributed by atoms with van der Waals surface area (Å²) >= 11 is 0. The van der Waals surface area contributed by atoms with Gasteiger partial charge < -0.3 is 9.32 Å². The number of fused-ring (bicyclic) bond motifs is 9. The standard InChI is InChI=1S/C58H37NO/c1-3-15-39(16-4-1)57-51-25-12-11-22-47(51)49-33-31-43(37-54(49)58(57)40-17-5-2-6-18-40)59(44-32-34-56-53(36-44)50-24-13-14-26-55(50)60-56)42-29-27-38(28-30-42)52-35-41-19-7-8-20-45(41)46-21-9-10-23-48(46)52/h1-37H. The molecule has 12 rings (SSSR count). The lowest BCUT2D eigenvalue weighted by Gasteiger charge is -2.27. The number of nitrogens with zero attached hydrogens (tertiary/aromatic N) is 1. The predicted molar refractivity (Wildman–Crippen MR) is 255 cm³/mol. The number of hydrogen-bond donors (Lipinski definition) is 0. The highest BCUT2D eigenvalue weighted by Gasteiger charge is 2.21. The highest BCUT2D eigenvalue weighted by Crippen LogP contribution is 2.47. The molecule has 0 saturated heterocycles. The van der Waals surface area contributed by atoms with Gasteiger partial charge in [-0.25, -0.2) is 0 Å². The Morgan fingerprint density at radius 3 is 1.47 bits per heavy atom. The van der Waals surface area contributed by atoms with Crippen molar-refractivity contribution in [2.24, 2.45) is 0 Å². The second-order valence-electron chi connectivity index (χ2n) is 15.6. The minimum absolute atomic E-state index is 0.877. The number of para-hydroxylation sites is 1. The summed E-state index contributed by atoms with van der Waals surface area (Å²) in [7, 11) is 0. The molecule has 0 bridgehead atoms. The fraction of sp³-hybridized carbons (Fsp3) is 0. The van der Waals surface area contributed by atoms with E-state index in [-0.39, 0.29) is 0 Å². The van der Waals surface area contributed by atoms with E-state index in [1.165, 1.54) is 76.5 Å². The summed E-state index contributed by atoms with van der Waals surface area (Å²) in [4.78, 5) is 2.40. The van der Waals surface area contributed by atoms with E-state index in [9.17, 15) is 0 Å². The summed E-state index contributed by atoms with van der Waals surface area (Å²) in [5, 5.41) is 12.1. The smallest absolute Gasteiger partial charge is 0.135 e. The van der Waals surface area contributed by atoms with Gasteiger partial charge in [0.2, 0.25) is 0 Å². The van der Waals surface area contributed by atoms with Gasteiger partial charge in [0.1, 0.15) is 11.2 Å². The number of benzene rings is 11. The lowest BCUT2D eigenvalue weighted by molar-refractivity contribution is 0.669. The van der Waals surface area contributed by atoms with E-state index >= 15 is 0 Å². The molecule has 0 aliphatic heterocycles. The Kier molecular flexibility index (Phi) is 7.89. The van der Waals surface area contributed by atoms with Gasteiger partial charge >= 0.3 is 0 Å². The molecule has 0 aliphatic rings. The highest BCUT2D eigenvalue weighted by atomic mass is 16.3. The first-order valence-electron chi connectivity index (χ1n) is 20.6. The monoisotopic (exact) mass is 763 g/mol. The molecule has 0 atom stereocenters. The average Bonchev–Trinajstić information content (AvgIpc) is 3.70. The van der Waals surface area contributed by atoms with Crippen LogP contribution < -0.4 is 4.90 Å². The molecule has 0 radical (unpaired) electrons. The minimum Gasteiger partial charge on any atom is -0.456 e. The van der Waals surface area contributed by atoms with E-state index in [1.807, 2.05) is 12.1 Å². The quantitative estimate of drug-likeness (QED) is 0.157. The van der Waals surface area contributed by atoms with Crippen LogP contribution >= 0.6 is 0 Å². The van der Waals surface area contributed by atoms with E-state index < -0.39 is 0 Å². The van der Waals surface area contributed by atoms with Gasteiger partial charge in [0.25, 0.3) is 0 Å². The third kappa shape index (κ3) is 5.50. The topological polar surface area (TPSA) is 16.4 Å². The summed E-state index contributed by atoms with van der Waals surface area (Å²) in [6, 6.07) is 81.4. The first-order chi connectivity index (χ1) is 29.8. The molecule has 11 aromatic carbocycles. The number of anilines is 3. The fourth-order valence-electron chi connectivity index (χ4n) is 9.51. The van der Waals surface area contributed by atoms with Crippen molar-refractivity contribution < 1.29 is 4.42 Å². The number of rotatable bonds is 6. The second-order valence-corrected chi connectivity index (χ2v) is 15.6. The Morgan fingerprint density at radius 2 is 0.750 bits per heavy atom. The maximum absolute atomic E-state index is 6.33. The van der Waals surface area contributed by atoms with E-state index in [0.29, 0.717) is 0 Å². The fourth-order valence-corrected chi connectivity index (χ4v) is 9.51. The van der Waals surface area contributed by atoms with Gasteiger partial charge in [-0.3, -0.25) is 0 Å². The van der Waals surface area contributed by atoms with Crippen LogP contribution in [-0.2, 0) is 0 Å². The van der Waals surface area contributed by atoms with E-state index in [4.69, 9.17) is 4.42 Å². The molecule has 1 heterocycles. The molecular weight excluding hydrogens is 727 g/mol. The maximum Gasteiger partial charge on any atom is 0.135 e. The van der Waals surface area contributed by atoms with Crippen LogP contribution in [0.2, 0.25) is 0 Å². The zero-order valence-corrected chi connectivity index (χ0v) is 32.7. The normalized spacial score (nSPS) is 11.7. The van der Waals surface area contributed by atoms with Crippen molar-refractivity contribution in [3.63, 3.8) is 0 Å². The molecule has 2 heteroatoms. The third-order valence-electron chi connectivity index (χ3n) is 12.2. The van der Waals surface area contributed by atoms with E-state index in [1.54, 1.807) is 0 Å². The van der Waals surface area contributed by atoms with Crippen LogP contribution in [0.5, 0.6) is 0 Å². The van der Waals surface area contributed by atoms with Gasteiger partial charge in [0, 0.05) is 27.8 Å². The molecule has 280 valence electrons. The van der Waals surface area contributed by atoms with Gasteiger partial charge in [0.05, 0.1) is 0 Å². The molecule has 0 spiro atoms. The van der Waals surface area contributed by atoms with Crippen molar-refractivity contribution in [1.82, 2.24) is 0 Å². The molecule has 0 aliphatic carbocycles. The average molecular weight is 764 g/mol. The Bertz CT molecular complexity index is 3590. The first kappa shape index (κ1) is 34.1. The molecular formula is C58H37NO. The molecule has 1 aromatic heterocycles. The molecule has 0 unspecified atom stereocenters. The lowest BCUT2D eigenvalue weighted by Crippen LogP contribution is -2.10.